The van der Waals surface area contributed by atoms with Crippen LogP contribution in [-0.2, 0) is 5.54 Å². The number of nitrogens with zero attached hydrogens (tertiary/aromatic N) is 1. The highest BCUT2D eigenvalue weighted by molar-refractivity contribution is 7.09. The van der Waals surface area contributed by atoms with Gasteiger partial charge >= 0.3 is 0 Å². The van der Waals surface area contributed by atoms with E-state index in [4.69, 9.17) is 4.98 Å². The maximum Gasteiger partial charge on any atom is 0.113 e. The predicted molar refractivity (Wildman–Crippen MR) is 92.8 cm³/mol. The van der Waals surface area contributed by atoms with Crippen LogP contribution in [0.2, 0.25) is 0 Å². The predicted octanol–water partition coefficient (Wildman–Crippen LogP) is 5.27. The second-order valence-electron chi connectivity index (χ2n) is 7.79. The third kappa shape index (κ3) is 3.68. The van der Waals surface area contributed by atoms with Gasteiger partial charge in [-0.15, -0.1) is 11.3 Å². The molecule has 2 nitrogen and oxygen atoms in total. The summed E-state index contributed by atoms with van der Waals surface area (Å²) >= 11 is 1.84. The number of hydrogen-bond donors (Lipinski definition) is 1. The van der Waals surface area contributed by atoms with E-state index in [2.05, 4.69) is 52.2 Å². The van der Waals surface area contributed by atoms with Crippen molar-refractivity contribution in [3.05, 3.63) is 16.1 Å². The van der Waals surface area contributed by atoms with E-state index >= 15 is 0 Å². The molecule has 1 aliphatic rings. The lowest BCUT2D eigenvalue weighted by Gasteiger charge is -2.45. The molecule has 120 valence electrons. The minimum Gasteiger partial charge on any atom is -0.303 e. The van der Waals surface area contributed by atoms with Crippen LogP contribution >= 0.6 is 11.3 Å². The summed E-state index contributed by atoms with van der Waals surface area (Å²) in [6, 6.07) is 0.505. The van der Waals surface area contributed by atoms with Crippen molar-refractivity contribution in [2.75, 3.05) is 0 Å². The fourth-order valence-corrected chi connectivity index (χ4v) is 4.75. The van der Waals surface area contributed by atoms with Crippen molar-refractivity contribution in [2.45, 2.75) is 85.2 Å². The Bertz CT molecular complexity index is 454. The number of aromatic nitrogens is 1. The molecule has 0 aromatic carbocycles. The van der Waals surface area contributed by atoms with Gasteiger partial charge in [0.15, 0.2) is 0 Å². The first-order chi connectivity index (χ1) is 9.79. The molecule has 1 aliphatic carbocycles. The fourth-order valence-electron chi connectivity index (χ4n) is 3.73. The maximum atomic E-state index is 4.82. The summed E-state index contributed by atoms with van der Waals surface area (Å²) in [5.74, 6) is 0.852. The summed E-state index contributed by atoms with van der Waals surface area (Å²) in [4.78, 5) is 4.82. The van der Waals surface area contributed by atoms with E-state index in [0.29, 0.717) is 11.5 Å². The van der Waals surface area contributed by atoms with Crippen LogP contribution in [0.5, 0.6) is 0 Å². The van der Waals surface area contributed by atoms with E-state index in [-0.39, 0.29) is 5.54 Å². The molecule has 1 aromatic heterocycles. The summed E-state index contributed by atoms with van der Waals surface area (Å²) in [7, 11) is 0. The molecule has 0 bridgehead atoms. The largest absolute Gasteiger partial charge is 0.303 e. The molecule has 1 aromatic rings. The smallest absolute Gasteiger partial charge is 0.113 e. The number of nitrogens with one attached hydrogen (secondary N) is 1. The van der Waals surface area contributed by atoms with Crippen LogP contribution < -0.4 is 5.32 Å². The zero-order valence-electron chi connectivity index (χ0n) is 14.6. The van der Waals surface area contributed by atoms with Crippen LogP contribution in [0.3, 0.4) is 0 Å². The van der Waals surface area contributed by atoms with E-state index in [1.165, 1.54) is 37.1 Å². The van der Waals surface area contributed by atoms with Gasteiger partial charge in [-0.2, -0.15) is 0 Å². The molecule has 0 aliphatic heterocycles. The average molecular weight is 309 g/mol. The molecular formula is C18H32N2S. The highest BCUT2D eigenvalue weighted by atomic mass is 32.1. The Morgan fingerprint density at radius 3 is 2.43 bits per heavy atom. The summed E-state index contributed by atoms with van der Waals surface area (Å²) in [6.07, 6.45) is 6.37. The van der Waals surface area contributed by atoms with Gasteiger partial charge in [-0.25, -0.2) is 4.98 Å². The molecule has 21 heavy (non-hydrogen) atoms. The molecule has 1 heterocycles. The molecule has 0 amide bonds. The number of aryl methyl sites for hydroxylation is 1. The zero-order chi connectivity index (χ0) is 15.7. The Hall–Kier alpha value is -0.410. The van der Waals surface area contributed by atoms with Gasteiger partial charge < -0.3 is 5.32 Å². The molecule has 0 unspecified atom stereocenters. The number of rotatable bonds is 5. The molecule has 0 saturated heterocycles. The summed E-state index contributed by atoms with van der Waals surface area (Å²) in [5.41, 5.74) is 1.76. The van der Waals surface area contributed by atoms with Crippen molar-refractivity contribution in [1.29, 1.82) is 0 Å². The molecule has 2 rings (SSSR count). The third-order valence-corrected chi connectivity index (χ3v) is 6.61. The van der Waals surface area contributed by atoms with Crippen molar-refractivity contribution < 1.29 is 0 Å². The van der Waals surface area contributed by atoms with Crippen LogP contribution in [-0.4, -0.2) is 11.0 Å². The van der Waals surface area contributed by atoms with Crippen molar-refractivity contribution in [3.63, 3.8) is 0 Å². The summed E-state index contributed by atoms with van der Waals surface area (Å²) in [6.45, 7) is 13.8. The van der Waals surface area contributed by atoms with E-state index in [1.54, 1.807) is 0 Å². The molecular weight excluding hydrogens is 276 g/mol. The van der Waals surface area contributed by atoms with Gasteiger partial charge in [-0.05, 0) is 57.8 Å². The zero-order valence-corrected chi connectivity index (χ0v) is 15.4. The SMILES string of the molecule is CCC(C)(C)C1CCC(NC(C)C)(c2nc(C)cs2)CC1. The third-order valence-electron chi connectivity index (χ3n) is 5.45. The van der Waals surface area contributed by atoms with Crippen LogP contribution in [0.1, 0.15) is 77.4 Å². The highest BCUT2D eigenvalue weighted by Gasteiger charge is 2.42. The second kappa shape index (κ2) is 6.37. The molecule has 0 spiro atoms. The van der Waals surface area contributed by atoms with Crippen LogP contribution in [0.25, 0.3) is 0 Å². The van der Waals surface area contributed by atoms with Crippen molar-refractivity contribution >= 4 is 11.3 Å². The second-order valence-corrected chi connectivity index (χ2v) is 8.65. The molecule has 1 fully saturated rings. The Kier molecular flexibility index (Phi) is 5.15. The summed E-state index contributed by atoms with van der Waals surface area (Å²) < 4.78 is 0. The van der Waals surface area contributed by atoms with E-state index < -0.39 is 0 Å². The van der Waals surface area contributed by atoms with Gasteiger partial charge in [0.05, 0.1) is 5.54 Å². The van der Waals surface area contributed by atoms with Crippen LogP contribution in [0.15, 0.2) is 5.38 Å². The quantitative estimate of drug-likeness (QED) is 0.801. The van der Waals surface area contributed by atoms with Gasteiger partial charge in [0.1, 0.15) is 5.01 Å². The van der Waals surface area contributed by atoms with E-state index in [1.807, 2.05) is 11.3 Å². The molecule has 0 radical (unpaired) electrons. The fraction of sp³-hybridized carbons (Fsp3) is 0.833. The first-order valence-corrected chi connectivity index (χ1v) is 9.37. The number of thiazole rings is 1. The maximum absolute atomic E-state index is 4.82. The Labute approximate surface area is 134 Å². The van der Waals surface area contributed by atoms with Crippen molar-refractivity contribution in [3.8, 4) is 0 Å². The number of hydrogen-bond acceptors (Lipinski definition) is 3. The van der Waals surface area contributed by atoms with Crippen molar-refractivity contribution in [2.24, 2.45) is 11.3 Å². The van der Waals surface area contributed by atoms with Crippen LogP contribution in [0, 0.1) is 18.3 Å². The van der Waals surface area contributed by atoms with Gasteiger partial charge in [-0.1, -0.05) is 27.2 Å². The molecule has 1 N–H and O–H groups in total. The van der Waals surface area contributed by atoms with Crippen molar-refractivity contribution in [1.82, 2.24) is 10.3 Å². The van der Waals surface area contributed by atoms with E-state index in [9.17, 15) is 0 Å². The van der Waals surface area contributed by atoms with Gasteiger partial charge in [-0.3, -0.25) is 0 Å². The highest BCUT2D eigenvalue weighted by Crippen LogP contribution is 2.47. The van der Waals surface area contributed by atoms with E-state index in [0.717, 1.165) is 11.6 Å². The molecule has 0 atom stereocenters. The molecule has 3 heteroatoms. The first-order valence-electron chi connectivity index (χ1n) is 8.49. The lowest BCUT2D eigenvalue weighted by molar-refractivity contribution is 0.0930. The van der Waals surface area contributed by atoms with Gasteiger partial charge in [0, 0.05) is 17.1 Å². The Morgan fingerprint density at radius 1 is 1.38 bits per heavy atom. The van der Waals surface area contributed by atoms with Crippen LogP contribution in [0.4, 0.5) is 0 Å². The Morgan fingerprint density at radius 2 is 2.00 bits per heavy atom. The monoisotopic (exact) mass is 308 g/mol. The lowest BCUT2D eigenvalue weighted by Crippen LogP contribution is -2.49. The average Bonchev–Trinajstić information content (AvgIpc) is 2.86. The Balaban J connectivity index is 2.18. The normalized spacial score (nSPS) is 27.3. The minimum atomic E-state index is 0.118. The van der Waals surface area contributed by atoms with Gasteiger partial charge in [0.2, 0.25) is 0 Å². The van der Waals surface area contributed by atoms with Gasteiger partial charge in [0.25, 0.3) is 0 Å². The minimum absolute atomic E-state index is 0.118. The molecule has 1 saturated carbocycles. The standard InChI is InChI=1S/C18H32N2S/c1-7-17(5,6)15-8-10-18(11-9-15,20-13(2)3)16-19-14(4)12-21-16/h12-13,15,20H,7-11H2,1-6H3. The first kappa shape index (κ1) is 17.0. The lowest BCUT2D eigenvalue weighted by atomic mass is 9.65. The topological polar surface area (TPSA) is 24.9 Å². The summed E-state index contributed by atoms with van der Waals surface area (Å²) in [5, 5.41) is 7.37.